The van der Waals surface area contributed by atoms with Crippen molar-refractivity contribution in [3.8, 4) is 0 Å². The maximum absolute atomic E-state index is 12.0. The number of primary amides is 1. The Hall–Kier alpha value is -2.53. The lowest BCUT2D eigenvalue weighted by atomic mass is 10.1. The molecular weight excluding hydrogens is 290 g/mol. The lowest BCUT2D eigenvalue weighted by Gasteiger charge is -2.08. The predicted octanol–water partition coefficient (Wildman–Crippen LogP) is 2.76. The number of hydrogen-bond acceptors (Lipinski definition) is 2. The summed E-state index contributed by atoms with van der Waals surface area (Å²) < 4.78 is 0. The zero-order valence-corrected chi connectivity index (χ0v) is 11.9. The number of anilines is 1. The molecule has 2 aromatic rings. The van der Waals surface area contributed by atoms with Crippen molar-refractivity contribution in [3.05, 3.63) is 64.7 Å². The predicted molar refractivity (Wildman–Crippen MR) is 82.3 cm³/mol. The van der Waals surface area contributed by atoms with Gasteiger partial charge in [-0.25, -0.2) is 4.79 Å². The fraction of sp³-hybridized carbons (Fsp3) is 0.0667. The van der Waals surface area contributed by atoms with Crippen LogP contribution in [0, 0.1) is 0 Å². The second-order valence-corrected chi connectivity index (χ2v) is 4.75. The molecule has 2 rings (SSSR count). The van der Waals surface area contributed by atoms with E-state index in [-0.39, 0.29) is 5.91 Å². The summed E-state index contributed by atoms with van der Waals surface area (Å²) in [6, 6.07) is 13.1. The summed E-state index contributed by atoms with van der Waals surface area (Å²) in [5, 5.41) is 5.82. The van der Waals surface area contributed by atoms with Crippen LogP contribution in [0.2, 0.25) is 5.02 Å². The molecule has 0 aromatic heterocycles. The molecule has 4 N–H and O–H groups in total. The second-order valence-electron chi connectivity index (χ2n) is 4.34. The van der Waals surface area contributed by atoms with Crippen molar-refractivity contribution < 1.29 is 9.59 Å². The number of halogens is 1. The number of carbonyl (C=O) groups excluding carboxylic acids is 2. The highest BCUT2D eigenvalue weighted by atomic mass is 35.5. The number of carbonyl (C=O) groups is 2. The molecule has 0 heterocycles. The van der Waals surface area contributed by atoms with Crippen LogP contribution in [0.4, 0.5) is 10.5 Å². The molecule has 6 heteroatoms. The van der Waals surface area contributed by atoms with Gasteiger partial charge in [-0.3, -0.25) is 4.79 Å². The third-order valence-corrected chi connectivity index (χ3v) is 3.18. The maximum Gasteiger partial charge on any atom is 0.316 e. The molecule has 0 aliphatic carbocycles. The Balaban J connectivity index is 1.97. The minimum atomic E-state index is -0.647. The van der Waals surface area contributed by atoms with Crippen molar-refractivity contribution >= 4 is 29.2 Å². The van der Waals surface area contributed by atoms with Crippen molar-refractivity contribution in [2.75, 3.05) is 5.32 Å². The van der Waals surface area contributed by atoms with Gasteiger partial charge in [-0.05, 0) is 35.9 Å². The first-order valence-corrected chi connectivity index (χ1v) is 6.62. The van der Waals surface area contributed by atoms with Crippen LogP contribution in [0.3, 0.4) is 0 Å². The quantitative estimate of drug-likeness (QED) is 0.811. The molecule has 0 bridgehead atoms. The van der Waals surface area contributed by atoms with Crippen LogP contribution < -0.4 is 16.4 Å². The summed E-state index contributed by atoms with van der Waals surface area (Å²) in [5.41, 5.74) is 6.87. The van der Waals surface area contributed by atoms with Crippen LogP contribution in [0.1, 0.15) is 15.9 Å². The van der Waals surface area contributed by atoms with Gasteiger partial charge in [-0.15, -0.1) is 0 Å². The Morgan fingerprint density at radius 2 is 1.71 bits per heavy atom. The normalized spacial score (nSPS) is 9.95. The standard InChI is InChI=1S/C15H14ClN3O2/c16-13-4-2-1-3-11(13)9-18-14(20)10-5-7-12(8-6-10)19-15(17)21/h1-8H,9H2,(H,18,20)(H3,17,19,21). The van der Waals surface area contributed by atoms with Crippen molar-refractivity contribution in [3.63, 3.8) is 0 Å². The molecule has 0 radical (unpaired) electrons. The first-order chi connectivity index (χ1) is 10.1. The topological polar surface area (TPSA) is 84.2 Å². The smallest absolute Gasteiger partial charge is 0.316 e. The van der Waals surface area contributed by atoms with E-state index in [9.17, 15) is 9.59 Å². The number of amides is 3. The Labute approximate surface area is 127 Å². The van der Waals surface area contributed by atoms with E-state index in [1.165, 1.54) is 0 Å². The van der Waals surface area contributed by atoms with Crippen molar-refractivity contribution in [2.45, 2.75) is 6.54 Å². The summed E-state index contributed by atoms with van der Waals surface area (Å²) in [4.78, 5) is 22.7. The molecular formula is C15H14ClN3O2. The fourth-order valence-electron chi connectivity index (χ4n) is 1.77. The minimum Gasteiger partial charge on any atom is -0.351 e. The SMILES string of the molecule is NC(=O)Nc1ccc(C(=O)NCc2ccccc2Cl)cc1. The molecule has 21 heavy (non-hydrogen) atoms. The monoisotopic (exact) mass is 303 g/mol. The second kappa shape index (κ2) is 6.76. The zero-order valence-electron chi connectivity index (χ0n) is 11.1. The average Bonchev–Trinajstić information content (AvgIpc) is 2.46. The highest BCUT2D eigenvalue weighted by Crippen LogP contribution is 2.15. The molecule has 5 nitrogen and oxygen atoms in total. The van der Waals surface area contributed by atoms with Gasteiger partial charge in [-0.1, -0.05) is 29.8 Å². The number of hydrogen-bond donors (Lipinski definition) is 3. The van der Waals surface area contributed by atoms with Gasteiger partial charge in [0.25, 0.3) is 5.91 Å². The summed E-state index contributed by atoms with van der Waals surface area (Å²) in [7, 11) is 0. The van der Waals surface area contributed by atoms with Gasteiger partial charge in [0, 0.05) is 22.8 Å². The van der Waals surface area contributed by atoms with Crippen LogP contribution in [0.25, 0.3) is 0 Å². The van der Waals surface area contributed by atoms with Crippen LogP contribution >= 0.6 is 11.6 Å². The molecule has 0 atom stereocenters. The van der Waals surface area contributed by atoms with E-state index in [0.29, 0.717) is 22.8 Å². The fourth-order valence-corrected chi connectivity index (χ4v) is 1.97. The Morgan fingerprint density at radius 1 is 1.05 bits per heavy atom. The van der Waals surface area contributed by atoms with E-state index in [4.69, 9.17) is 17.3 Å². The number of nitrogens with two attached hydrogens (primary N) is 1. The van der Waals surface area contributed by atoms with Crippen molar-refractivity contribution in [1.29, 1.82) is 0 Å². The van der Waals surface area contributed by atoms with E-state index >= 15 is 0 Å². The molecule has 0 unspecified atom stereocenters. The van der Waals surface area contributed by atoms with Gasteiger partial charge in [-0.2, -0.15) is 0 Å². The van der Waals surface area contributed by atoms with E-state index in [2.05, 4.69) is 10.6 Å². The van der Waals surface area contributed by atoms with Gasteiger partial charge in [0.1, 0.15) is 0 Å². The summed E-state index contributed by atoms with van der Waals surface area (Å²) in [6.45, 7) is 0.347. The number of nitrogens with one attached hydrogen (secondary N) is 2. The largest absolute Gasteiger partial charge is 0.351 e. The summed E-state index contributed by atoms with van der Waals surface area (Å²) in [6.07, 6.45) is 0. The Bertz CT molecular complexity index is 656. The lowest BCUT2D eigenvalue weighted by molar-refractivity contribution is 0.0951. The molecule has 0 aliphatic rings. The molecule has 0 saturated heterocycles. The molecule has 0 fully saturated rings. The van der Waals surface area contributed by atoms with Gasteiger partial charge >= 0.3 is 6.03 Å². The molecule has 3 amide bonds. The highest BCUT2D eigenvalue weighted by molar-refractivity contribution is 6.31. The van der Waals surface area contributed by atoms with Gasteiger partial charge in [0.15, 0.2) is 0 Å². The maximum atomic E-state index is 12.0. The first kappa shape index (κ1) is 14.9. The zero-order chi connectivity index (χ0) is 15.2. The first-order valence-electron chi connectivity index (χ1n) is 6.24. The van der Waals surface area contributed by atoms with Crippen LogP contribution in [0.15, 0.2) is 48.5 Å². The number of rotatable bonds is 4. The number of urea groups is 1. The molecule has 0 aliphatic heterocycles. The number of benzene rings is 2. The highest BCUT2D eigenvalue weighted by Gasteiger charge is 2.07. The molecule has 0 spiro atoms. The van der Waals surface area contributed by atoms with Crippen LogP contribution in [-0.2, 0) is 6.54 Å². The van der Waals surface area contributed by atoms with E-state index in [1.54, 1.807) is 30.3 Å². The molecule has 2 aromatic carbocycles. The lowest BCUT2D eigenvalue weighted by Crippen LogP contribution is -2.23. The van der Waals surface area contributed by atoms with Crippen molar-refractivity contribution in [1.82, 2.24) is 5.32 Å². The van der Waals surface area contributed by atoms with Gasteiger partial charge in [0.05, 0.1) is 0 Å². The third kappa shape index (κ3) is 4.22. The van der Waals surface area contributed by atoms with Crippen molar-refractivity contribution in [2.24, 2.45) is 5.73 Å². The summed E-state index contributed by atoms with van der Waals surface area (Å²) in [5.74, 6) is -0.222. The minimum absolute atomic E-state index is 0.222. The molecule has 108 valence electrons. The third-order valence-electron chi connectivity index (χ3n) is 2.81. The molecule has 0 saturated carbocycles. The van der Waals surface area contributed by atoms with E-state index < -0.39 is 6.03 Å². The van der Waals surface area contributed by atoms with E-state index in [1.807, 2.05) is 18.2 Å². The van der Waals surface area contributed by atoms with Gasteiger partial charge in [0.2, 0.25) is 0 Å². The Morgan fingerprint density at radius 3 is 2.33 bits per heavy atom. The average molecular weight is 304 g/mol. The van der Waals surface area contributed by atoms with E-state index in [0.717, 1.165) is 5.56 Å². The summed E-state index contributed by atoms with van der Waals surface area (Å²) >= 11 is 6.02. The van der Waals surface area contributed by atoms with Crippen LogP contribution in [-0.4, -0.2) is 11.9 Å². The van der Waals surface area contributed by atoms with Crippen LogP contribution in [0.5, 0.6) is 0 Å². The Kier molecular flexibility index (Phi) is 4.79. The van der Waals surface area contributed by atoms with Gasteiger partial charge < -0.3 is 16.4 Å².